The molecule has 0 spiro atoms. The third-order valence-electron chi connectivity index (χ3n) is 2.12. The van der Waals surface area contributed by atoms with Crippen molar-refractivity contribution in [2.45, 2.75) is 51.9 Å². The molecule has 0 saturated heterocycles. The minimum absolute atomic E-state index is 0.0865. The van der Waals surface area contributed by atoms with Gasteiger partial charge in [-0.1, -0.05) is 68.0 Å². The van der Waals surface area contributed by atoms with Gasteiger partial charge in [-0.25, -0.2) is 0 Å². The number of rotatable bonds is 9. The van der Waals surface area contributed by atoms with Crippen molar-refractivity contribution in [3.8, 4) is 0 Å². The summed E-state index contributed by atoms with van der Waals surface area (Å²) in [6.45, 7) is 2.83. The van der Waals surface area contributed by atoms with E-state index < -0.39 is 0 Å². The van der Waals surface area contributed by atoms with Gasteiger partial charge in [0, 0.05) is 0 Å². The zero-order valence-corrected chi connectivity index (χ0v) is 11.2. The Hall–Kier alpha value is 0.200. The van der Waals surface area contributed by atoms with Crippen molar-refractivity contribution >= 4 is 28.6 Å². The number of unbranched alkanes of at least 4 members (excludes halogenated alkanes) is 6. The lowest BCUT2D eigenvalue weighted by Crippen LogP contribution is -2.06. The summed E-state index contributed by atoms with van der Waals surface area (Å²) in [4.78, 5) is 10.8. The summed E-state index contributed by atoms with van der Waals surface area (Å²) >= 11 is 2.02. The van der Waals surface area contributed by atoms with E-state index in [1.165, 1.54) is 38.5 Å². The molecule has 0 atom stereocenters. The van der Waals surface area contributed by atoms with Gasteiger partial charge in [0.05, 0.1) is 11.0 Å². The molecule has 0 saturated carbocycles. The molecule has 0 aliphatic heterocycles. The van der Waals surface area contributed by atoms with E-state index in [1.807, 2.05) is 22.6 Å². The number of halogens is 1. The van der Waals surface area contributed by atoms with Gasteiger partial charge in [-0.2, -0.15) is 0 Å². The third kappa shape index (κ3) is 10.3. The molecule has 14 heavy (non-hydrogen) atoms. The second-order valence-corrected chi connectivity index (χ2v) is 4.24. The molecule has 0 fully saturated rings. The van der Waals surface area contributed by atoms with Crippen LogP contribution in [0.3, 0.4) is 0 Å². The molecule has 0 N–H and O–H groups in total. The lowest BCUT2D eigenvalue weighted by atomic mass is 10.1. The van der Waals surface area contributed by atoms with Crippen LogP contribution in [0.25, 0.3) is 0 Å². The van der Waals surface area contributed by atoms with Crippen LogP contribution in [0.4, 0.5) is 0 Å². The third-order valence-corrected chi connectivity index (χ3v) is 2.74. The van der Waals surface area contributed by atoms with Crippen LogP contribution < -0.4 is 0 Å². The lowest BCUT2D eigenvalue weighted by Gasteiger charge is -2.02. The molecule has 0 aliphatic carbocycles. The Morgan fingerprint density at radius 1 is 1.07 bits per heavy atom. The van der Waals surface area contributed by atoms with E-state index >= 15 is 0 Å². The van der Waals surface area contributed by atoms with E-state index in [0.717, 1.165) is 6.42 Å². The van der Waals surface area contributed by atoms with Crippen LogP contribution in [0.2, 0.25) is 0 Å². The summed E-state index contributed by atoms with van der Waals surface area (Å²) in [5, 5.41) is 0. The maximum atomic E-state index is 10.8. The molecule has 0 aromatic carbocycles. The minimum Gasteiger partial charge on any atom is -0.465 e. The molecule has 0 unspecified atom stereocenters. The van der Waals surface area contributed by atoms with Gasteiger partial charge < -0.3 is 4.74 Å². The van der Waals surface area contributed by atoms with Gasteiger partial charge in [0.15, 0.2) is 0 Å². The summed E-state index contributed by atoms with van der Waals surface area (Å²) in [5.41, 5.74) is 0. The second-order valence-electron chi connectivity index (χ2n) is 3.48. The molecule has 0 bridgehead atoms. The number of hydrogen-bond donors (Lipinski definition) is 0. The van der Waals surface area contributed by atoms with Crippen LogP contribution in [0, 0.1) is 0 Å². The molecule has 0 heterocycles. The van der Waals surface area contributed by atoms with Crippen LogP contribution in [0.15, 0.2) is 0 Å². The molecule has 3 heteroatoms. The van der Waals surface area contributed by atoms with Gasteiger partial charge in [0.2, 0.25) is 0 Å². The Kier molecular flexibility index (Phi) is 11.4. The van der Waals surface area contributed by atoms with E-state index in [2.05, 4.69) is 6.92 Å². The van der Waals surface area contributed by atoms with Gasteiger partial charge >= 0.3 is 5.97 Å². The number of hydrogen-bond acceptors (Lipinski definition) is 2. The van der Waals surface area contributed by atoms with E-state index in [4.69, 9.17) is 4.74 Å². The predicted octanol–water partition coefficient (Wildman–Crippen LogP) is 3.72. The number of alkyl halides is 1. The van der Waals surface area contributed by atoms with Crippen LogP contribution in [-0.4, -0.2) is 17.0 Å². The van der Waals surface area contributed by atoms with Crippen LogP contribution >= 0.6 is 22.6 Å². The first-order valence-corrected chi connectivity index (χ1v) is 7.05. The highest BCUT2D eigenvalue weighted by atomic mass is 127. The molecule has 0 aliphatic rings. The Bertz CT molecular complexity index is 137. The highest BCUT2D eigenvalue weighted by Gasteiger charge is 1.97. The van der Waals surface area contributed by atoms with Crippen LogP contribution in [0.1, 0.15) is 51.9 Å². The topological polar surface area (TPSA) is 26.3 Å². The molecule has 0 rings (SSSR count). The SMILES string of the molecule is CCCCCCCCCOC(=O)CI. The van der Waals surface area contributed by atoms with Crippen molar-refractivity contribution in [2.75, 3.05) is 11.0 Å². The molecule has 0 aromatic rings. The monoisotopic (exact) mass is 312 g/mol. The van der Waals surface area contributed by atoms with Gasteiger partial charge in [-0.05, 0) is 6.42 Å². The standard InChI is InChI=1S/C11H21IO2/c1-2-3-4-5-6-7-8-9-14-11(13)10-12/h2-10H2,1H3. The van der Waals surface area contributed by atoms with Crippen molar-refractivity contribution in [3.63, 3.8) is 0 Å². The second kappa shape index (κ2) is 11.3. The van der Waals surface area contributed by atoms with E-state index in [1.54, 1.807) is 0 Å². The van der Waals surface area contributed by atoms with Crippen molar-refractivity contribution in [1.82, 2.24) is 0 Å². The fourth-order valence-electron chi connectivity index (χ4n) is 1.28. The van der Waals surface area contributed by atoms with Crippen molar-refractivity contribution in [1.29, 1.82) is 0 Å². The van der Waals surface area contributed by atoms with Crippen molar-refractivity contribution in [3.05, 3.63) is 0 Å². The average Bonchev–Trinajstić information content (AvgIpc) is 2.21. The maximum absolute atomic E-state index is 10.8. The Balaban J connectivity index is 2.95. The first-order valence-electron chi connectivity index (χ1n) is 5.52. The molecule has 0 aromatic heterocycles. The van der Waals surface area contributed by atoms with Crippen molar-refractivity contribution in [2.24, 2.45) is 0 Å². The highest BCUT2D eigenvalue weighted by Crippen LogP contribution is 2.06. The Morgan fingerprint density at radius 3 is 2.21 bits per heavy atom. The lowest BCUT2D eigenvalue weighted by molar-refractivity contribution is -0.140. The van der Waals surface area contributed by atoms with Crippen LogP contribution in [0.5, 0.6) is 0 Å². The first-order chi connectivity index (χ1) is 6.81. The molecular formula is C11H21IO2. The Morgan fingerprint density at radius 2 is 1.64 bits per heavy atom. The molecule has 2 nitrogen and oxygen atoms in total. The summed E-state index contributed by atoms with van der Waals surface area (Å²) < 4.78 is 5.44. The van der Waals surface area contributed by atoms with Crippen LogP contribution in [-0.2, 0) is 9.53 Å². The quantitative estimate of drug-likeness (QED) is 0.281. The number of ether oxygens (including phenoxy) is 1. The normalized spacial score (nSPS) is 10.1. The van der Waals surface area contributed by atoms with Crippen molar-refractivity contribution < 1.29 is 9.53 Å². The molecular weight excluding hydrogens is 291 g/mol. The first kappa shape index (κ1) is 14.2. The maximum Gasteiger partial charge on any atom is 0.315 e. The largest absolute Gasteiger partial charge is 0.465 e. The minimum atomic E-state index is -0.0865. The summed E-state index contributed by atoms with van der Waals surface area (Å²) in [6, 6.07) is 0. The summed E-state index contributed by atoms with van der Waals surface area (Å²) in [5.74, 6) is -0.0865. The van der Waals surface area contributed by atoms with E-state index in [0.29, 0.717) is 11.0 Å². The Labute approximate surface area is 101 Å². The molecule has 0 radical (unpaired) electrons. The highest BCUT2D eigenvalue weighted by molar-refractivity contribution is 14.1. The van der Waals surface area contributed by atoms with Gasteiger partial charge in [0.1, 0.15) is 0 Å². The smallest absolute Gasteiger partial charge is 0.315 e. The number of carbonyl (C=O) groups excluding carboxylic acids is 1. The van der Waals surface area contributed by atoms with Gasteiger partial charge in [0.25, 0.3) is 0 Å². The van der Waals surface area contributed by atoms with Gasteiger partial charge in [-0.15, -0.1) is 0 Å². The summed E-state index contributed by atoms with van der Waals surface area (Å²) in [7, 11) is 0. The fourth-order valence-corrected chi connectivity index (χ4v) is 1.50. The predicted molar refractivity (Wildman–Crippen MR) is 67.8 cm³/mol. The zero-order chi connectivity index (χ0) is 10.6. The molecule has 84 valence electrons. The fraction of sp³-hybridized carbons (Fsp3) is 0.909. The zero-order valence-electron chi connectivity index (χ0n) is 9.06. The summed E-state index contributed by atoms with van der Waals surface area (Å²) in [6.07, 6.45) is 8.82. The van der Waals surface area contributed by atoms with E-state index in [-0.39, 0.29) is 5.97 Å². The number of carbonyl (C=O) groups is 1. The molecule has 0 amide bonds. The average molecular weight is 312 g/mol. The van der Waals surface area contributed by atoms with E-state index in [9.17, 15) is 4.79 Å². The van der Waals surface area contributed by atoms with Gasteiger partial charge in [-0.3, -0.25) is 4.79 Å². The number of esters is 1.